The van der Waals surface area contributed by atoms with Gasteiger partial charge in [-0.2, -0.15) is 0 Å². The molecule has 204 valence electrons. The fraction of sp³-hybridized carbons (Fsp3) is 0.552. The Morgan fingerprint density at radius 1 is 1.27 bits per heavy atom. The minimum Gasteiger partial charge on any atom is -0.394 e. The number of urea groups is 1. The van der Waals surface area contributed by atoms with Crippen molar-refractivity contribution in [2.45, 2.75) is 51.5 Å². The number of amides is 3. The first kappa shape index (κ1) is 30.3. The Labute approximate surface area is 222 Å². The third kappa shape index (κ3) is 7.08. The number of aldehydes is 1. The summed E-state index contributed by atoms with van der Waals surface area (Å²) in [6.07, 6.45) is 7.12. The fourth-order valence-corrected chi connectivity index (χ4v) is 5.69. The third-order valence-electron chi connectivity index (χ3n) is 7.33. The van der Waals surface area contributed by atoms with Crippen LogP contribution in [0.2, 0.25) is 0 Å². The van der Waals surface area contributed by atoms with Crippen molar-refractivity contribution >= 4 is 23.8 Å². The topological polar surface area (TPSA) is 93.8 Å². The molecule has 3 atom stereocenters. The van der Waals surface area contributed by atoms with Gasteiger partial charge in [0.15, 0.2) is 0 Å². The summed E-state index contributed by atoms with van der Waals surface area (Å²) < 4.78 is 0. The first-order valence-electron chi connectivity index (χ1n) is 13.3. The molecular formula is C29H45N5O3. The van der Waals surface area contributed by atoms with Gasteiger partial charge in [-0.25, -0.2) is 4.79 Å². The predicted octanol–water partition coefficient (Wildman–Crippen LogP) is 3.37. The maximum absolute atomic E-state index is 13.8. The highest BCUT2D eigenvalue weighted by molar-refractivity contribution is 5.96. The average Bonchev–Trinajstić information content (AvgIpc) is 2.88. The van der Waals surface area contributed by atoms with Crippen LogP contribution in [0.25, 0.3) is 5.57 Å². The van der Waals surface area contributed by atoms with Crippen LogP contribution >= 0.6 is 0 Å². The van der Waals surface area contributed by atoms with Crippen LogP contribution in [-0.2, 0) is 9.59 Å². The maximum atomic E-state index is 13.8. The van der Waals surface area contributed by atoms with Crippen LogP contribution in [-0.4, -0.2) is 80.4 Å². The molecule has 3 rings (SSSR count). The molecule has 8 heteroatoms. The summed E-state index contributed by atoms with van der Waals surface area (Å²) in [6, 6.07) is 8.25. The number of carbonyl (C=O) groups is 3. The molecule has 0 saturated carbocycles. The number of imide groups is 1. The summed E-state index contributed by atoms with van der Waals surface area (Å²) >= 11 is 0. The van der Waals surface area contributed by atoms with E-state index in [4.69, 9.17) is 4.79 Å². The van der Waals surface area contributed by atoms with E-state index in [9.17, 15) is 9.59 Å². The van der Waals surface area contributed by atoms with Crippen molar-refractivity contribution < 1.29 is 14.4 Å². The van der Waals surface area contributed by atoms with Crippen LogP contribution in [0, 0.1) is 5.92 Å². The zero-order valence-corrected chi connectivity index (χ0v) is 23.2. The van der Waals surface area contributed by atoms with Crippen molar-refractivity contribution in [2.75, 3.05) is 46.8 Å². The van der Waals surface area contributed by atoms with Crippen LogP contribution in [0.4, 0.5) is 4.79 Å². The number of rotatable bonds is 9. The Bertz CT molecular complexity index is 963. The van der Waals surface area contributed by atoms with E-state index < -0.39 is 0 Å². The van der Waals surface area contributed by atoms with Crippen LogP contribution in [0.5, 0.6) is 0 Å². The zero-order chi connectivity index (χ0) is 27.4. The highest BCUT2D eigenvalue weighted by Crippen LogP contribution is 2.52. The molecule has 3 N–H and O–H groups in total. The standard InChI is InChI=1S/C27H41N5O2.C2H4O/c1-6-14-31-19-20(25(33)32(15-10-13-28-4)26(34)30-7-2)16-24-23-12-9-8-11-22(23)21(18-29-5)17-27(24,31)3;1-2-3/h6,8-9,11-12,18,20,24,28-29H,1,7,10,13-17,19H2,2-5H3,(H,30,34);2H,1H3/b21-18-;/t20-,24?,27-;/m1./s1. The molecule has 1 aliphatic carbocycles. The smallest absolute Gasteiger partial charge is 0.324 e. The molecule has 1 heterocycles. The second-order valence-electron chi connectivity index (χ2n) is 9.78. The Kier molecular flexibility index (Phi) is 12.0. The number of likely N-dealkylation sites (tertiary alicyclic amines) is 1. The number of hydrogen-bond acceptors (Lipinski definition) is 6. The van der Waals surface area contributed by atoms with E-state index in [1.54, 1.807) is 0 Å². The molecule has 2 aliphatic rings. The fourth-order valence-electron chi connectivity index (χ4n) is 5.69. The van der Waals surface area contributed by atoms with Crippen LogP contribution in [0.1, 0.15) is 57.1 Å². The predicted molar refractivity (Wildman–Crippen MR) is 150 cm³/mol. The summed E-state index contributed by atoms with van der Waals surface area (Å²) in [4.78, 5) is 39.2. The summed E-state index contributed by atoms with van der Waals surface area (Å²) in [5, 5.41) is 9.15. The molecule has 0 aromatic heterocycles. The molecule has 8 nitrogen and oxygen atoms in total. The zero-order valence-electron chi connectivity index (χ0n) is 23.2. The van der Waals surface area contributed by atoms with Crippen molar-refractivity contribution in [1.82, 2.24) is 25.8 Å². The van der Waals surface area contributed by atoms with Crippen LogP contribution < -0.4 is 16.0 Å². The lowest BCUT2D eigenvalue weighted by Gasteiger charge is -2.55. The molecule has 1 aromatic rings. The normalized spacial score (nSPS) is 23.5. The van der Waals surface area contributed by atoms with Gasteiger partial charge in [0.1, 0.15) is 6.29 Å². The van der Waals surface area contributed by atoms with Gasteiger partial charge in [-0.15, -0.1) is 6.58 Å². The lowest BCUT2D eigenvalue weighted by molar-refractivity contribution is -0.136. The van der Waals surface area contributed by atoms with Crippen molar-refractivity contribution in [2.24, 2.45) is 5.92 Å². The summed E-state index contributed by atoms with van der Waals surface area (Å²) in [7, 11) is 3.82. The van der Waals surface area contributed by atoms with Crippen LogP contribution in [0.15, 0.2) is 43.1 Å². The molecule has 0 radical (unpaired) electrons. The van der Waals surface area contributed by atoms with Gasteiger partial charge >= 0.3 is 6.03 Å². The van der Waals surface area contributed by atoms with Crippen molar-refractivity contribution in [3.05, 3.63) is 54.2 Å². The van der Waals surface area contributed by atoms with Crippen molar-refractivity contribution in [3.63, 3.8) is 0 Å². The van der Waals surface area contributed by atoms with Gasteiger partial charge in [-0.1, -0.05) is 30.3 Å². The Balaban J connectivity index is 0.00000153. The van der Waals surface area contributed by atoms with Crippen molar-refractivity contribution in [1.29, 1.82) is 0 Å². The highest BCUT2D eigenvalue weighted by Gasteiger charge is 2.51. The quantitative estimate of drug-likeness (QED) is 0.267. The van der Waals surface area contributed by atoms with Crippen molar-refractivity contribution in [3.8, 4) is 0 Å². The van der Waals surface area contributed by atoms with E-state index in [1.807, 2.05) is 27.1 Å². The minimum absolute atomic E-state index is 0.0767. The molecule has 1 aliphatic heterocycles. The third-order valence-corrected chi connectivity index (χ3v) is 7.33. The number of nitrogens with one attached hydrogen (secondary N) is 3. The molecule has 3 amide bonds. The molecule has 37 heavy (non-hydrogen) atoms. The van der Waals surface area contributed by atoms with Gasteiger partial charge in [-0.3, -0.25) is 14.6 Å². The van der Waals surface area contributed by atoms with Gasteiger partial charge in [0, 0.05) is 50.9 Å². The lowest BCUT2D eigenvalue weighted by atomic mass is 9.62. The second kappa shape index (κ2) is 14.7. The maximum Gasteiger partial charge on any atom is 0.324 e. The Hall–Kier alpha value is -2.97. The highest BCUT2D eigenvalue weighted by atomic mass is 16.2. The molecular weight excluding hydrogens is 466 g/mol. The number of carbonyl (C=O) groups excluding carboxylic acids is 3. The number of fused-ring (bicyclic) bond motifs is 3. The number of hydrogen-bond donors (Lipinski definition) is 3. The lowest BCUT2D eigenvalue weighted by Crippen LogP contribution is -2.60. The first-order valence-corrected chi connectivity index (χ1v) is 13.3. The van der Waals surface area contributed by atoms with Gasteiger partial charge in [-0.05, 0) is 70.3 Å². The summed E-state index contributed by atoms with van der Waals surface area (Å²) in [5.74, 6) is -0.140. The largest absolute Gasteiger partial charge is 0.394 e. The van der Waals surface area contributed by atoms with E-state index in [1.165, 1.54) is 28.5 Å². The van der Waals surface area contributed by atoms with Gasteiger partial charge in [0.25, 0.3) is 0 Å². The number of piperidine rings is 1. The van der Waals surface area contributed by atoms with Gasteiger partial charge in [0.2, 0.25) is 5.91 Å². The average molecular weight is 512 g/mol. The van der Waals surface area contributed by atoms with E-state index in [-0.39, 0.29) is 29.3 Å². The SMILES string of the molecule is C=CCN1C[C@H](C(=O)N(CCCNC)C(=O)NCC)CC2c3ccccc3/C(=C\NC)C[C@]21C.CC=O. The summed E-state index contributed by atoms with van der Waals surface area (Å²) in [5.41, 5.74) is 3.68. The summed E-state index contributed by atoms with van der Waals surface area (Å²) in [6.45, 7) is 12.6. The monoisotopic (exact) mass is 511 g/mol. The Morgan fingerprint density at radius 2 is 1.97 bits per heavy atom. The van der Waals surface area contributed by atoms with E-state index in [2.05, 4.69) is 64.8 Å². The number of nitrogens with zero attached hydrogens (tertiary/aromatic N) is 2. The molecule has 0 bridgehead atoms. The minimum atomic E-state index is -0.296. The first-order chi connectivity index (χ1) is 17.8. The van der Waals surface area contributed by atoms with E-state index in [0.717, 1.165) is 32.1 Å². The second-order valence-corrected chi connectivity index (χ2v) is 9.78. The Morgan fingerprint density at radius 3 is 2.59 bits per heavy atom. The molecule has 1 unspecified atom stereocenters. The molecule has 1 saturated heterocycles. The molecule has 1 aromatic carbocycles. The molecule has 1 fully saturated rings. The van der Waals surface area contributed by atoms with Gasteiger partial charge in [0.05, 0.1) is 5.92 Å². The van der Waals surface area contributed by atoms with E-state index in [0.29, 0.717) is 26.2 Å². The van der Waals surface area contributed by atoms with E-state index >= 15 is 0 Å². The number of benzene rings is 1. The van der Waals surface area contributed by atoms with Gasteiger partial charge < -0.3 is 20.7 Å². The van der Waals surface area contributed by atoms with Crippen LogP contribution in [0.3, 0.4) is 0 Å². The molecule has 0 spiro atoms.